The van der Waals surface area contributed by atoms with E-state index in [2.05, 4.69) is 12.2 Å². The fourth-order valence-corrected chi connectivity index (χ4v) is 2.00. The highest BCUT2D eigenvalue weighted by molar-refractivity contribution is 4.83. The molecule has 72 valence electrons. The molecular weight excluding hydrogens is 150 g/mol. The van der Waals surface area contributed by atoms with Gasteiger partial charge in [-0.25, -0.2) is 0 Å². The first-order valence-electron chi connectivity index (χ1n) is 5.14. The van der Waals surface area contributed by atoms with Crippen LogP contribution in [0, 0.1) is 5.41 Å². The van der Waals surface area contributed by atoms with E-state index in [0.717, 1.165) is 25.9 Å². The summed E-state index contributed by atoms with van der Waals surface area (Å²) >= 11 is 0. The maximum absolute atomic E-state index is 9.34. The molecule has 2 heteroatoms. The highest BCUT2D eigenvalue weighted by Gasteiger charge is 2.30. The fourth-order valence-electron chi connectivity index (χ4n) is 2.00. The van der Waals surface area contributed by atoms with Gasteiger partial charge in [-0.15, -0.1) is 0 Å². The number of nitrogens with one attached hydrogen (secondary N) is 1. The van der Waals surface area contributed by atoms with Crippen molar-refractivity contribution < 1.29 is 5.11 Å². The van der Waals surface area contributed by atoms with Crippen molar-refractivity contribution in [1.29, 1.82) is 0 Å². The molecule has 1 fully saturated rings. The molecular formula is C10H21NO. The van der Waals surface area contributed by atoms with E-state index < -0.39 is 0 Å². The molecule has 0 aromatic rings. The van der Waals surface area contributed by atoms with Crippen LogP contribution in [0.3, 0.4) is 0 Å². The van der Waals surface area contributed by atoms with Gasteiger partial charge in [0.25, 0.3) is 0 Å². The van der Waals surface area contributed by atoms with Crippen LogP contribution in [0.25, 0.3) is 0 Å². The van der Waals surface area contributed by atoms with Crippen LogP contribution in [-0.4, -0.2) is 24.8 Å². The number of piperidine rings is 1. The lowest BCUT2D eigenvalue weighted by Crippen LogP contribution is -2.39. The Kier molecular flexibility index (Phi) is 4.02. The Hall–Kier alpha value is -0.0800. The van der Waals surface area contributed by atoms with Gasteiger partial charge in [0, 0.05) is 6.61 Å². The highest BCUT2D eigenvalue weighted by atomic mass is 16.3. The van der Waals surface area contributed by atoms with Crippen LogP contribution in [-0.2, 0) is 0 Å². The van der Waals surface area contributed by atoms with E-state index in [1.165, 1.54) is 19.3 Å². The molecule has 0 unspecified atom stereocenters. The van der Waals surface area contributed by atoms with Gasteiger partial charge >= 0.3 is 0 Å². The smallest absolute Gasteiger partial charge is 0.0488 e. The predicted molar refractivity (Wildman–Crippen MR) is 51.1 cm³/mol. The van der Waals surface area contributed by atoms with Gasteiger partial charge in [-0.3, -0.25) is 0 Å². The molecule has 1 rings (SSSR count). The first-order valence-corrected chi connectivity index (χ1v) is 5.14. The molecule has 0 bridgehead atoms. The van der Waals surface area contributed by atoms with Crippen molar-refractivity contribution >= 4 is 0 Å². The Bertz CT molecular complexity index is 119. The Morgan fingerprint density at radius 3 is 2.50 bits per heavy atom. The van der Waals surface area contributed by atoms with E-state index in [9.17, 15) is 5.11 Å². The molecule has 0 radical (unpaired) electrons. The van der Waals surface area contributed by atoms with Crippen molar-refractivity contribution in [3.63, 3.8) is 0 Å². The summed E-state index contributed by atoms with van der Waals surface area (Å²) in [4.78, 5) is 0. The Balaban J connectivity index is 2.37. The molecule has 0 spiro atoms. The van der Waals surface area contributed by atoms with Gasteiger partial charge in [-0.1, -0.05) is 19.8 Å². The number of unbranched alkanes of at least 4 members (excludes halogenated alkanes) is 1. The van der Waals surface area contributed by atoms with E-state index in [4.69, 9.17) is 0 Å². The molecule has 1 aliphatic rings. The average molecular weight is 171 g/mol. The molecule has 1 heterocycles. The summed E-state index contributed by atoms with van der Waals surface area (Å²) in [6.45, 7) is 4.77. The van der Waals surface area contributed by atoms with Gasteiger partial charge in [0.05, 0.1) is 0 Å². The van der Waals surface area contributed by atoms with Crippen molar-refractivity contribution in [2.45, 2.75) is 39.0 Å². The molecule has 0 saturated carbocycles. The zero-order chi connectivity index (χ0) is 8.86. The van der Waals surface area contributed by atoms with Crippen LogP contribution in [0.1, 0.15) is 39.0 Å². The second-order valence-corrected chi connectivity index (χ2v) is 4.01. The van der Waals surface area contributed by atoms with Crippen LogP contribution in [0.5, 0.6) is 0 Å². The number of aliphatic hydroxyl groups excluding tert-OH is 1. The average Bonchev–Trinajstić information content (AvgIpc) is 2.16. The second-order valence-electron chi connectivity index (χ2n) is 4.01. The zero-order valence-electron chi connectivity index (χ0n) is 8.10. The molecule has 12 heavy (non-hydrogen) atoms. The SMILES string of the molecule is CCCCC1(CO)CCNCC1. The third kappa shape index (κ3) is 2.46. The molecule has 0 aliphatic carbocycles. The summed E-state index contributed by atoms with van der Waals surface area (Å²) in [6.07, 6.45) is 6.03. The number of hydrogen-bond acceptors (Lipinski definition) is 2. The van der Waals surface area contributed by atoms with Gasteiger partial charge in [-0.05, 0) is 37.8 Å². The molecule has 1 saturated heterocycles. The van der Waals surface area contributed by atoms with Crippen molar-refractivity contribution in [3.8, 4) is 0 Å². The van der Waals surface area contributed by atoms with Gasteiger partial charge in [-0.2, -0.15) is 0 Å². The first kappa shape index (κ1) is 10.0. The highest BCUT2D eigenvalue weighted by Crippen LogP contribution is 2.33. The van der Waals surface area contributed by atoms with Gasteiger partial charge < -0.3 is 10.4 Å². The van der Waals surface area contributed by atoms with Crippen molar-refractivity contribution in [3.05, 3.63) is 0 Å². The molecule has 1 aliphatic heterocycles. The summed E-state index contributed by atoms with van der Waals surface area (Å²) in [5, 5.41) is 12.7. The van der Waals surface area contributed by atoms with Crippen molar-refractivity contribution in [1.82, 2.24) is 5.32 Å². The lowest BCUT2D eigenvalue weighted by Gasteiger charge is -2.36. The molecule has 0 atom stereocenters. The van der Waals surface area contributed by atoms with E-state index >= 15 is 0 Å². The van der Waals surface area contributed by atoms with E-state index in [1.54, 1.807) is 0 Å². The minimum atomic E-state index is 0.265. The minimum Gasteiger partial charge on any atom is -0.396 e. The molecule has 0 aromatic heterocycles. The largest absolute Gasteiger partial charge is 0.396 e. The third-order valence-electron chi connectivity index (χ3n) is 3.06. The Morgan fingerprint density at radius 2 is 2.00 bits per heavy atom. The zero-order valence-corrected chi connectivity index (χ0v) is 8.10. The lowest BCUT2D eigenvalue weighted by molar-refractivity contribution is 0.0780. The minimum absolute atomic E-state index is 0.265. The van der Waals surface area contributed by atoms with Crippen molar-refractivity contribution in [2.75, 3.05) is 19.7 Å². The summed E-state index contributed by atoms with van der Waals surface area (Å²) < 4.78 is 0. The first-order chi connectivity index (χ1) is 5.83. The lowest BCUT2D eigenvalue weighted by atomic mass is 9.76. The van der Waals surface area contributed by atoms with Gasteiger partial charge in [0.1, 0.15) is 0 Å². The summed E-state index contributed by atoms with van der Waals surface area (Å²) in [6, 6.07) is 0. The van der Waals surface area contributed by atoms with Crippen LogP contribution < -0.4 is 5.32 Å². The third-order valence-corrected chi connectivity index (χ3v) is 3.06. The summed E-state index contributed by atoms with van der Waals surface area (Å²) in [7, 11) is 0. The Labute approximate surface area is 75.4 Å². The van der Waals surface area contributed by atoms with Gasteiger partial charge in [0.2, 0.25) is 0 Å². The van der Waals surface area contributed by atoms with Crippen molar-refractivity contribution in [2.24, 2.45) is 5.41 Å². The van der Waals surface area contributed by atoms with E-state index in [-0.39, 0.29) is 5.41 Å². The number of hydrogen-bond donors (Lipinski definition) is 2. The van der Waals surface area contributed by atoms with Gasteiger partial charge in [0.15, 0.2) is 0 Å². The summed E-state index contributed by atoms with van der Waals surface area (Å²) in [5.74, 6) is 0. The Morgan fingerprint density at radius 1 is 1.33 bits per heavy atom. The maximum Gasteiger partial charge on any atom is 0.0488 e. The molecule has 0 aromatic carbocycles. The van der Waals surface area contributed by atoms with Crippen LogP contribution in [0.15, 0.2) is 0 Å². The monoisotopic (exact) mass is 171 g/mol. The van der Waals surface area contributed by atoms with Crippen LogP contribution in [0.2, 0.25) is 0 Å². The fraction of sp³-hybridized carbons (Fsp3) is 1.00. The summed E-state index contributed by atoms with van der Waals surface area (Å²) in [5.41, 5.74) is 0.265. The van der Waals surface area contributed by atoms with E-state index in [0.29, 0.717) is 6.61 Å². The number of rotatable bonds is 4. The standard InChI is InChI=1S/C10H21NO/c1-2-3-4-10(9-12)5-7-11-8-6-10/h11-12H,2-9H2,1H3. The second kappa shape index (κ2) is 4.83. The topological polar surface area (TPSA) is 32.3 Å². The molecule has 2 nitrogen and oxygen atoms in total. The van der Waals surface area contributed by atoms with Crippen LogP contribution in [0.4, 0.5) is 0 Å². The molecule has 2 N–H and O–H groups in total. The molecule has 0 amide bonds. The predicted octanol–water partition coefficient (Wildman–Crippen LogP) is 1.54. The number of aliphatic hydroxyl groups is 1. The van der Waals surface area contributed by atoms with Crippen LogP contribution >= 0.6 is 0 Å². The van der Waals surface area contributed by atoms with E-state index in [1.807, 2.05) is 0 Å². The maximum atomic E-state index is 9.34. The normalized spacial score (nSPS) is 22.5. The quantitative estimate of drug-likeness (QED) is 0.672.